The number of nitrogens with one attached hydrogen (secondary N) is 1. The highest BCUT2D eigenvalue weighted by atomic mass is 16.1. The largest absolute Gasteiger partial charge is 0.366 e. The van der Waals surface area contributed by atoms with Crippen molar-refractivity contribution in [3.63, 3.8) is 0 Å². The van der Waals surface area contributed by atoms with E-state index in [0.29, 0.717) is 17.6 Å². The van der Waals surface area contributed by atoms with Gasteiger partial charge in [0.05, 0.1) is 11.3 Å². The second-order valence-electron chi connectivity index (χ2n) is 6.34. The van der Waals surface area contributed by atoms with Gasteiger partial charge in [-0.05, 0) is 63.3 Å². The Morgan fingerprint density at radius 3 is 2.86 bits per heavy atom. The number of nitrogens with zero attached hydrogens (tertiary/aromatic N) is 1. The third-order valence-electron chi connectivity index (χ3n) is 4.84. The quantitative estimate of drug-likeness (QED) is 0.896. The molecular formula is C17H25N3O. The number of piperidine rings is 1. The first kappa shape index (κ1) is 14.4. The fraction of sp³-hybridized carbons (Fsp3) is 0.588. The minimum Gasteiger partial charge on any atom is -0.366 e. The second kappa shape index (κ2) is 6.06. The average molecular weight is 287 g/mol. The van der Waals surface area contributed by atoms with E-state index in [9.17, 15) is 4.79 Å². The van der Waals surface area contributed by atoms with Crippen molar-refractivity contribution in [2.45, 2.75) is 51.1 Å². The zero-order chi connectivity index (χ0) is 14.8. The molecule has 2 saturated heterocycles. The van der Waals surface area contributed by atoms with Crippen LogP contribution in [-0.2, 0) is 0 Å². The Morgan fingerprint density at radius 1 is 1.29 bits per heavy atom. The van der Waals surface area contributed by atoms with Crippen molar-refractivity contribution in [2.75, 3.05) is 18.0 Å². The van der Waals surface area contributed by atoms with E-state index >= 15 is 0 Å². The molecule has 4 nitrogen and oxygen atoms in total. The van der Waals surface area contributed by atoms with E-state index in [1.807, 2.05) is 12.1 Å². The lowest BCUT2D eigenvalue weighted by atomic mass is 9.92. The number of nitrogens with two attached hydrogens (primary N) is 1. The number of carbonyl (C=O) groups excluding carboxylic acids is 1. The smallest absolute Gasteiger partial charge is 0.250 e. The number of hydrogen-bond acceptors (Lipinski definition) is 3. The molecule has 0 spiro atoms. The van der Waals surface area contributed by atoms with E-state index in [0.717, 1.165) is 18.8 Å². The predicted molar refractivity (Wildman–Crippen MR) is 85.7 cm³/mol. The van der Waals surface area contributed by atoms with Crippen molar-refractivity contribution >= 4 is 11.6 Å². The minimum atomic E-state index is -0.325. The molecule has 0 saturated carbocycles. The van der Waals surface area contributed by atoms with Crippen molar-refractivity contribution in [1.29, 1.82) is 0 Å². The third-order valence-corrected chi connectivity index (χ3v) is 4.84. The van der Waals surface area contributed by atoms with Gasteiger partial charge >= 0.3 is 0 Å². The number of amides is 1. The molecule has 21 heavy (non-hydrogen) atoms. The zero-order valence-corrected chi connectivity index (χ0v) is 12.8. The molecule has 2 heterocycles. The number of aryl methyl sites for hydroxylation is 1. The molecule has 0 bridgehead atoms. The molecule has 0 radical (unpaired) electrons. The van der Waals surface area contributed by atoms with Crippen molar-refractivity contribution in [3.8, 4) is 0 Å². The molecule has 0 aliphatic carbocycles. The van der Waals surface area contributed by atoms with Gasteiger partial charge in [0, 0.05) is 18.6 Å². The Morgan fingerprint density at radius 2 is 2.14 bits per heavy atom. The van der Waals surface area contributed by atoms with Crippen LogP contribution < -0.4 is 16.0 Å². The molecule has 0 aromatic heterocycles. The van der Waals surface area contributed by atoms with Gasteiger partial charge in [-0.2, -0.15) is 0 Å². The van der Waals surface area contributed by atoms with E-state index in [4.69, 9.17) is 5.73 Å². The normalized spacial score (nSPS) is 26.0. The van der Waals surface area contributed by atoms with Crippen LogP contribution in [0.15, 0.2) is 18.2 Å². The van der Waals surface area contributed by atoms with Crippen molar-refractivity contribution in [2.24, 2.45) is 5.73 Å². The molecule has 2 aliphatic heterocycles. The maximum atomic E-state index is 11.8. The van der Waals surface area contributed by atoms with Gasteiger partial charge in [0.1, 0.15) is 0 Å². The van der Waals surface area contributed by atoms with Gasteiger partial charge in [-0.1, -0.05) is 6.07 Å². The molecule has 1 aromatic carbocycles. The number of rotatable bonds is 3. The van der Waals surface area contributed by atoms with Crippen molar-refractivity contribution in [1.82, 2.24) is 5.32 Å². The molecule has 2 atom stereocenters. The Balaban J connectivity index is 1.95. The van der Waals surface area contributed by atoms with Crippen LogP contribution in [-0.4, -0.2) is 31.1 Å². The van der Waals surface area contributed by atoms with Crippen LogP contribution in [0.4, 0.5) is 5.69 Å². The van der Waals surface area contributed by atoms with Gasteiger partial charge in [0.25, 0.3) is 5.91 Å². The SMILES string of the molecule is Cc1ccc(C(N)=O)c(N2CCCCC2C2CCCN2)c1. The first-order valence-electron chi connectivity index (χ1n) is 8.07. The molecular weight excluding hydrogens is 262 g/mol. The fourth-order valence-corrected chi connectivity index (χ4v) is 3.80. The van der Waals surface area contributed by atoms with Gasteiger partial charge in [-0.15, -0.1) is 0 Å². The minimum absolute atomic E-state index is 0.325. The first-order valence-corrected chi connectivity index (χ1v) is 8.07. The van der Waals surface area contributed by atoms with Crippen LogP contribution in [0.3, 0.4) is 0 Å². The summed E-state index contributed by atoms with van der Waals surface area (Å²) in [4.78, 5) is 14.2. The summed E-state index contributed by atoms with van der Waals surface area (Å²) in [5.41, 5.74) is 8.45. The fourth-order valence-electron chi connectivity index (χ4n) is 3.80. The number of primary amides is 1. The van der Waals surface area contributed by atoms with E-state index < -0.39 is 0 Å². The molecule has 3 rings (SSSR count). The maximum Gasteiger partial charge on any atom is 0.250 e. The van der Waals surface area contributed by atoms with Gasteiger partial charge in [-0.25, -0.2) is 0 Å². The maximum absolute atomic E-state index is 11.8. The van der Waals surface area contributed by atoms with Crippen LogP contribution >= 0.6 is 0 Å². The first-order chi connectivity index (χ1) is 10.2. The molecule has 2 fully saturated rings. The van der Waals surface area contributed by atoms with E-state index in [1.54, 1.807) is 0 Å². The second-order valence-corrected chi connectivity index (χ2v) is 6.34. The molecule has 114 valence electrons. The summed E-state index contributed by atoms with van der Waals surface area (Å²) in [5, 5.41) is 3.63. The summed E-state index contributed by atoms with van der Waals surface area (Å²) in [6.07, 6.45) is 6.15. The van der Waals surface area contributed by atoms with Crippen LogP contribution in [0.1, 0.15) is 48.0 Å². The summed E-state index contributed by atoms with van der Waals surface area (Å²) < 4.78 is 0. The summed E-state index contributed by atoms with van der Waals surface area (Å²) in [5.74, 6) is -0.325. The highest BCUT2D eigenvalue weighted by Gasteiger charge is 2.33. The summed E-state index contributed by atoms with van der Waals surface area (Å²) in [6, 6.07) is 7.00. The average Bonchev–Trinajstić information content (AvgIpc) is 3.01. The highest BCUT2D eigenvalue weighted by molar-refractivity contribution is 5.98. The van der Waals surface area contributed by atoms with Crippen molar-refractivity contribution in [3.05, 3.63) is 29.3 Å². The molecule has 1 amide bonds. The predicted octanol–water partition coefficient (Wildman–Crippen LogP) is 2.20. The Bertz CT molecular complexity index is 523. The van der Waals surface area contributed by atoms with Gasteiger partial charge in [0.15, 0.2) is 0 Å². The van der Waals surface area contributed by atoms with Crippen LogP contribution in [0.25, 0.3) is 0 Å². The van der Waals surface area contributed by atoms with Crippen LogP contribution in [0.5, 0.6) is 0 Å². The van der Waals surface area contributed by atoms with Gasteiger partial charge < -0.3 is 16.0 Å². The monoisotopic (exact) mass is 287 g/mol. The lowest BCUT2D eigenvalue weighted by molar-refractivity contribution is 0.100. The van der Waals surface area contributed by atoms with E-state index in [-0.39, 0.29) is 5.91 Å². The van der Waals surface area contributed by atoms with E-state index in [2.05, 4.69) is 23.2 Å². The molecule has 4 heteroatoms. The lowest BCUT2D eigenvalue weighted by Gasteiger charge is -2.41. The molecule has 1 aromatic rings. The lowest BCUT2D eigenvalue weighted by Crippen LogP contribution is -2.51. The third kappa shape index (κ3) is 2.91. The molecule has 2 unspecified atom stereocenters. The van der Waals surface area contributed by atoms with Gasteiger partial charge in [-0.3, -0.25) is 4.79 Å². The summed E-state index contributed by atoms with van der Waals surface area (Å²) in [6.45, 7) is 4.21. The molecule has 2 aliphatic rings. The standard InChI is InChI=1S/C17H25N3O/c1-12-7-8-13(17(18)21)16(11-12)20-10-3-2-6-15(20)14-5-4-9-19-14/h7-8,11,14-15,19H,2-6,9-10H2,1H3,(H2,18,21). The summed E-state index contributed by atoms with van der Waals surface area (Å²) >= 11 is 0. The topological polar surface area (TPSA) is 58.4 Å². The van der Waals surface area contributed by atoms with E-state index in [1.165, 1.54) is 37.7 Å². The number of carbonyl (C=O) groups is 1. The van der Waals surface area contributed by atoms with Gasteiger partial charge in [0.2, 0.25) is 0 Å². The Hall–Kier alpha value is -1.55. The zero-order valence-electron chi connectivity index (χ0n) is 12.8. The number of benzene rings is 1. The van der Waals surface area contributed by atoms with Crippen molar-refractivity contribution < 1.29 is 4.79 Å². The number of anilines is 1. The highest BCUT2D eigenvalue weighted by Crippen LogP contribution is 2.32. The van der Waals surface area contributed by atoms with Crippen LogP contribution in [0.2, 0.25) is 0 Å². The number of hydrogen-bond donors (Lipinski definition) is 2. The Labute approximate surface area is 126 Å². The molecule has 3 N–H and O–H groups in total. The Kier molecular flexibility index (Phi) is 4.15. The summed E-state index contributed by atoms with van der Waals surface area (Å²) in [7, 11) is 0. The van der Waals surface area contributed by atoms with Crippen LogP contribution in [0, 0.1) is 6.92 Å².